The zero-order valence-electron chi connectivity index (χ0n) is 13.7. The average Bonchev–Trinajstić information content (AvgIpc) is 3.01. The number of aryl methyl sites for hydroxylation is 1. The van der Waals surface area contributed by atoms with E-state index in [1.165, 1.54) is 0 Å². The van der Waals surface area contributed by atoms with Crippen LogP contribution in [0.3, 0.4) is 0 Å². The fourth-order valence-electron chi connectivity index (χ4n) is 3.42. The van der Waals surface area contributed by atoms with Gasteiger partial charge in [0.15, 0.2) is 5.65 Å². The van der Waals surface area contributed by atoms with E-state index in [9.17, 15) is 4.79 Å². The van der Waals surface area contributed by atoms with E-state index in [0.717, 1.165) is 50.3 Å². The lowest BCUT2D eigenvalue weighted by atomic mass is 10.2. The fraction of sp³-hybridized carbons (Fsp3) is 0.150. The first-order valence-corrected chi connectivity index (χ1v) is 9.21. The second kappa shape index (κ2) is 5.36. The Balaban J connectivity index is 2.09. The minimum absolute atomic E-state index is 0.0141. The summed E-state index contributed by atoms with van der Waals surface area (Å²) in [6, 6.07) is 15.7. The highest BCUT2D eigenvalue weighted by Crippen LogP contribution is 2.28. The fourth-order valence-corrected chi connectivity index (χ4v) is 4.48. The Labute approximate surface area is 147 Å². The third-order valence-electron chi connectivity index (χ3n) is 4.53. The third-order valence-corrected chi connectivity index (χ3v) is 5.59. The molecule has 0 saturated carbocycles. The van der Waals surface area contributed by atoms with Gasteiger partial charge in [0, 0.05) is 16.5 Å². The maximum atomic E-state index is 13.2. The van der Waals surface area contributed by atoms with Crippen LogP contribution in [0.2, 0.25) is 0 Å². The largest absolute Gasteiger partial charge is 0.288 e. The van der Waals surface area contributed by atoms with Gasteiger partial charge in [-0.3, -0.25) is 9.20 Å². The molecule has 2 aromatic carbocycles. The smallest absolute Gasteiger partial charge is 0.201 e. The van der Waals surface area contributed by atoms with E-state index >= 15 is 0 Å². The van der Waals surface area contributed by atoms with Crippen LogP contribution in [0.4, 0.5) is 0 Å². The molecular formula is C20H15N3OS. The highest BCUT2D eigenvalue weighted by molar-refractivity contribution is 7.24. The van der Waals surface area contributed by atoms with Gasteiger partial charge >= 0.3 is 0 Å². The van der Waals surface area contributed by atoms with Gasteiger partial charge in [-0.15, -0.1) is 11.3 Å². The van der Waals surface area contributed by atoms with Gasteiger partial charge in [-0.1, -0.05) is 31.2 Å². The second-order valence-corrected chi connectivity index (χ2v) is 7.18. The summed E-state index contributed by atoms with van der Waals surface area (Å²) < 4.78 is 3.03. The van der Waals surface area contributed by atoms with Crippen molar-refractivity contribution in [3.8, 4) is 0 Å². The summed E-state index contributed by atoms with van der Waals surface area (Å²) >= 11 is 1.57. The van der Waals surface area contributed by atoms with Gasteiger partial charge in [0.05, 0.1) is 11.0 Å². The molecule has 0 bridgehead atoms. The van der Waals surface area contributed by atoms with Crippen LogP contribution in [0.25, 0.3) is 37.0 Å². The Kier molecular flexibility index (Phi) is 3.12. The van der Waals surface area contributed by atoms with Crippen LogP contribution in [0.5, 0.6) is 0 Å². The maximum absolute atomic E-state index is 13.2. The first kappa shape index (κ1) is 14.5. The Morgan fingerprint density at radius 3 is 2.72 bits per heavy atom. The summed E-state index contributed by atoms with van der Waals surface area (Å²) in [5, 5.41) is 1.36. The molecular weight excluding hydrogens is 330 g/mol. The molecule has 4 nitrogen and oxygen atoms in total. The number of fused-ring (bicyclic) bond motifs is 6. The number of benzene rings is 2. The minimum atomic E-state index is 0.0141. The van der Waals surface area contributed by atoms with Gasteiger partial charge in [-0.2, -0.15) is 0 Å². The lowest BCUT2D eigenvalue weighted by Gasteiger charge is -2.08. The van der Waals surface area contributed by atoms with Crippen molar-refractivity contribution >= 4 is 48.3 Å². The van der Waals surface area contributed by atoms with Crippen LogP contribution in [-0.2, 0) is 6.42 Å². The van der Waals surface area contributed by atoms with Crippen LogP contribution < -0.4 is 5.43 Å². The highest BCUT2D eigenvalue weighted by atomic mass is 32.1. The van der Waals surface area contributed by atoms with Crippen molar-refractivity contribution in [2.45, 2.75) is 19.8 Å². The van der Waals surface area contributed by atoms with Crippen LogP contribution in [-0.4, -0.2) is 14.4 Å². The van der Waals surface area contributed by atoms with Crippen LogP contribution in [0.15, 0.2) is 53.3 Å². The highest BCUT2D eigenvalue weighted by Gasteiger charge is 2.17. The Bertz CT molecular complexity index is 1330. The summed E-state index contributed by atoms with van der Waals surface area (Å²) in [6.45, 7) is 2.14. The topological polar surface area (TPSA) is 47.3 Å². The molecule has 25 heavy (non-hydrogen) atoms. The first-order chi connectivity index (χ1) is 12.3. The van der Waals surface area contributed by atoms with Crippen LogP contribution in [0.1, 0.15) is 19.2 Å². The molecule has 0 spiro atoms. The van der Waals surface area contributed by atoms with Gasteiger partial charge in [-0.25, -0.2) is 9.97 Å². The molecule has 0 atom stereocenters. The van der Waals surface area contributed by atoms with E-state index in [1.807, 2.05) is 48.5 Å². The lowest BCUT2D eigenvalue weighted by Crippen LogP contribution is -2.08. The summed E-state index contributed by atoms with van der Waals surface area (Å²) in [5.41, 5.74) is 2.64. The second-order valence-electron chi connectivity index (χ2n) is 6.15. The van der Waals surface area contributed by atoms with E-state index in [4.69, 9.17) is 9.97 Å². The van der Waals surface area contributed by atoms with E-state index in [-0.39, 0.29) is 5.43 Å². The lowest BCUT2D eigenvalue weighted by molar-refractivity contribution is 0.830. The number of hydrogen-bond donors (Lipinski definition) is 0. The molecule has 0 aliphatic rings. The zero-order chi connectivity index (χ0) is 17.0. The SMILES string of the molecule is CCCc1nc2sc3ccccc3c(=O)c2c2nc3ccccc3n12. The quantitative estimate of drug-likeness (QED) is 0.441. The van der Waals surface area contributed by atoms with Gasteiger partial charge in [0.1, 0.15) is 16.0 Å². The molecule has 5 aromatic rings. The van der Waals surface area contributed by atoms with Gasteiger partial charge in [0.25, 0.3) is 0 Å². The van der Waals surface area contributed by atoms with Crippen molar-refractivity contribution < 1.29 is 0 Å². The normalized spacial score (nSPS) is 11.9. The Hall–Kier alpha value is -2.79. The summed E-state index contributed by atoms with van der Waals surface area (Å²) in [7, 11) is 0. The molecule has 0 aliphatic heterocycles. The standard InChI is InChI=1S/C20H15N3OS/c1-2-7-16-22-20-17(18(24)12-8-3-6-11-15(12)25-20)19-21-13-9-4-5-10-14(13)23(16)19/h3-6,8-11H,2,7H2,1H3. The molecule has 0 amide bonds. The molecule has 0 fully saturated rings. The molecule has 3 heterocycles. The summed E-state index contributed by atoms with van der Waals surface area (Å²) in [5.74, 6) is 0.963. The number of aromatic nitrogens is 3. The minimum Gasteiger partial charge on any atom is -0.288 e. The molecule has 5 heteroatoms. The number of nitrogens with zero attached hydrogens (tertiary/aromatic N) is 3. The van der Waals surface area contributed by atoms with E-state index in [0.29, 0.717) is 5.39 Å². The van der Waals surface area contributed by atoms with E-state index in [1.54, 1.807) is 11.3 Å². The Morgan fingerprint density at radius 2 is 1.84 bits per heavy atom. The van der Waals surface area contributed by atoms with Crippen molar-refractivity contribution in [3.05, 3.63) is 64.6 Å². The van der Waals surface area contributed by atoms with Crippen molar-refractivity contribution in [1.29, 1.82) is 0 Å². The van der Waals surface area contributed by atoms with Crippen molar-refractivity contribution in [3.63, 3.8) is 0 Å². The first-order valence-electron chi connectivity index (χ1n) is 8.39. The van der Waals surface area contributed by atoms with E-state index in [2.05, 4.69) is 11.3 Å². The number of imidazole rings is 1. The molecule has 0 unspecified atom stereocenters. The number of hydrogen-bond acceptors (Lipinski definition) is 4. The predicted molar refractivity (Wildman–Crippen MR) is 104 cm³/mol. The van der Waals surface area contributed by atoms with Gasteiger partial charge in [0.2, 0.25) is 5.43 Å². The molecule has 122 valence electrons. The number of para-hydroxylation sites is 2. The molecule has 0 N–H and O–H groups in total. The summed E-state index contributed by atoms with van der Waals surface area (Å²) in [4.78, 5) is 23.6. The summed E-state index contributed by atoms with van der Waals surface area (Å²) in [6.07, 6.45) is 1.84. The maximum Gasteiger partial charge on any atom is 0.201 e. The third kappa shape index (κ3) is 2.02. The molecule has 0 aliphatic carbocycles. The van der Waals surface area contributed by atoms with Gasteiger partial charge < -0.3 is 0 Å². The Morgan fingerprint density at radius 1 is 1.04 bits per heavy atom. The van der Waals surface area contributed by atoms with Crippen molar-refractivity contribution in [2.75, 3.05) is 0 Å². The predicted octanol–water partition coefficient (Wildman–Crippen LogP) is 4.56. The molecule has 0 saturated heterocycles. The number of rotatable bonds is 2. The van der Waals surface area contributed by atoms with E-state index < -0.39 is 0 Å². The molecule has 3 aromatic heterocycles. The zero-order valence-corrected chi connectivity index (χ0v) is 14.5. The van der Waals surface area contributed by atoms with Crippen molar-refractivity contribution in [1.82, 2.24) is 14.4 Å². The monoisotopic (exact) mass is 345 g/mol. The van der Waals surface area contributed by atoms with Crippen molar-refractivity contribution in [2.24, 2.45) is 0 Å². The molecule has 0 radical (unpaired) electrons. The average molecular weight is 345 g/mol. The molecule has 5 rings (SSSR count). The van der Waals surface area contributed by atoms with Crippen LogP contribution in [0, 0.1) is 0 Å². The van der Waals surface area contributed by atoms with Gasteiger partial charge in [-0.05, 0) is 30.7 Å². The van der Waals surface area contributed by atoms with Crippen LogP contribution >= 0.6 is 11.3 Å².